The van der Waals surface area contributed by atoms with Crippen LogP contribution in [0.1, 0.15) is 62.6 Å². The molecule has 1 N–H and O–H groups in total. The predicted molar refractivity (Wildman–Crippen MR) is 164 cm³/mol. The monoisotopic (exact) mass is 617 g/mol. The fourth-order valence-electron chi connectivity index (χ4n) is 6.07. The number of nitrogens with zero attached hydrogens (tertiary/aromatic N) is 2. The smallest absolute Gasteiger partial charge is 0.328 e. The quantitative estimate of drug-likeness (QED) is 0.259. The zero-order valence-electron chi connectivity index (χ0n) is 24.4. The number of hydrogen-bond acceptors (Lipinski definition) is 6. The highest BCUT2D eigenvalue weighted by Gasteiger charge is 2.48. The zero-order valence-corrected chi connectivity index (χ0v) is 25.9. The molecule has 2 aliphatic rings. The molecule has 4 rings (SSSR count). The zero-order chi connectivity index (χ0) is 30.1. The molecule has 0 spiro atoms. The molecule has 2 heterocycles. The molecule has 4 atom stereocenters. The summed E-state index contributed by atoms with van der Waals surface area (Å²) >= 11 is 12.6. The lowest BCUT2D eigenvalue weighted by Crippen LogP contribution is -2.55. The van der Waals surface area contributed by atoms with Gasteiger partial charge in [-0.25, -0.2) is 4.79 Å². The highest BCUT2D eigenvalue weighted by molar-refractivity contribution is 6.30. The third-order valence-corrected chi connectivity index (χ3v) is 8.59. The van der Waals surface area contributed by atoms with Gasteiger partial charge in [0.05, 0.1) is 25.9 Å². The number of benzene rings is 2. The minimum atomic E-state index is -0.806. The second kappa shape index (κ2) is 15.7. The van der Waals surface area contributed by atoms with Gasteiger partial charge in [0.2, 0.25) is 11.8 Å². The van der Waals surface area contributed by atoms with Crippen molar-refractivity contribution in [1.29, 1.82) is 0 Å². The van der Waals surface area contributed by atoms with Crippen LogP contribution in [0.4, 0.5) is 0 Å². The van der Waals surface area contributed by atoms with Gasteiger partial charge in [-0.15, -0.1) is 0 Å². The van der Waals surface area contributed by atoms with Crippen LogP contribution < -0.4 is 5.32 Å². The second-order valence-electron chi connectivity index (χ2n) is 10.9. The number of rotatable bonds is 12. The molecule has 2 unspecified atom stereocenters. The standard InChI is InChI=1S/C32H41Cl2N3O5/c1-3-28(32(40)42-4-2)37-30(22-9-11-25(33)12-10-22)27(23-7-5-8-26(34)19-23)20-24(31(37)39)21-29(38)35-13-6-14-36-15-17-41-18-16-36/h5,7-12,19,24,27-28,30H,3-4,6,13-18,20-21H2,1-2H3,(H,35,38)/t24-,27?,28+,30?/m1/s1. The van der Waals surface area contributed by atoms with Crippen LogP contribution in [0, 0.1) is 5.92 Å². The number of halogens is 2. The van der Waals surface area contributed by atoms with Crippen molar-refractivity contribution in [3.8, 4) is 0 Å². The van der Waals surface area contributed by atoms with Crippen molar-refractivity contribution in [3.05, 3.63) is 69.7 Å². The van der Waals surface area contributed by atoms with Crippen molar-refractivity contribution >= 4 is 41.0 Å². The van der Waals surface area contributed by atoms with Crippen molar-refractivity contribution < 1.29 is 23.9 Å². The minimum absolute atomic E-state index is 0.0382. The van der Waals surface area contributed by atoms with E-state index in [1.165, 1.54) is 0 Å². The molecule has 0 saturated carbocycles. The van der Waals surface area contributed by atoms with Crippen LogP contribution in [0.25, 0.3) is 0 Å². The predicted octanol–water partition coefficient (Wildman–Crippen LogP) is 5.24. The molecule has 2 amide bonds. The molecule has 2 saturated heterocycles. The molecule has 42 heavy (non-hydrogen) atoms. The summed E-state index contributed by atoms with van der Waals surface area (Å²) in [6, 6.07) is 13.7. The third-order valence-electron chi connectivity index (χ3n) is 8.10. The van der Waals surface area contributed by atoms with Crippen LogP contribution in [0.5, 0.6) is 0 Å². The Kier molecular flexibility index (Phi) is 12.1. The van der Waals surface area contributed by atoms with E-state index in [0.717, 1.165) is 50.4 Å². The van der Waals surface area contributed by atoms with Crippen LogP contribution in [0.2, 0.25) is 10.0 Å². The van der Waals surface area contributed by atoms with E-state index in [4.69, 9.17) is 32.7 Å². The fourth-order valence-corrected chi connectivity index (χ4v) is 6.40. The lowest BCUT2D eigenvalue weighted by atomic mass is 9.74. The summed E-state index contributed by atoms with van der Waals surface area (Å²) in [5.41, 5.74) is 1.79. The number of carbonyl (C=O) groups is 3. The Morgan fingerprint density at radius 2 is 1.79 bits per heavy atom. The minimum Gasteiger partial charge on any atom is -0.464 e. The highest BCUT2D eigenvalue weighted by atomic mass is 35.5. The van der Waals surface area contributed by atoms with Gasteiger partial charge in [-0.05, 0) is 68.1 Å². The molecular weight excluding hydrogens is 577 g/mol. The van der Waals surface area contributed by atoms with E-state index in [-0.39, 0.29) is 30.8 Å². The van der Waals surface area contributed by atoms with Crippen molar-refractivity contribution in [2.24, 2.45) is 5.92 Å². The van der Waals surface area contributed by atoms with E-state index < -0.39 is 24.0 Å². The number of likely N-dealkylation sites (tertiary alicyclic amines) is 1. The number of nitrogens with one attached hydrogen (secondary N) is 1. The number of esters is 1. The fraction of sp³-hybridized carbons (Fsp3) is 0.531. The molecule has 0 aromatic heterocycles. The number of carbonyl (C=O) groups excluding carboxylic acids is 3. The Hall–Kier alpha value is -2.65. The number of piperidine rings is 1. The van der Waals surface area contributed by atoms with Crippen molar-refractivity contribution in [2.75, 3.05) is 46.0 Å². The molecule has 228 valence electrons. The number of ether oxygens (including phenoxy) is 2. The summed E-state index contributed by atoms with van der Waals surface area (Å²) in [5.74, 6) is -1.68. The van der Waals surface area contributed by atoms with Crippen LogP contribution in [-0.4, -0.2) is 79.6 Å². The average Bonchev–Trinajstić information content (AvgIpc) is 2.98. The van der Waals surface area contributed by atoms with Crippen molar-refractivity contribution in [3.63, 3.8) is 0 Å². The van der Waals surface area contributed by atoms with Crippen LogP contribution in [0.15, 0.2) is 48.5 Å². The summed E-state index contributed by atoms with van der Waals surface area (Å²) < 4.78 is 10.8. The van der Waals surface area contributed by atoms with E-state index >= 15 is 0 Å². The van der Waals surface area contributed by atoms with Crippen molar-refractivity contribution in [1.82, 2.24) is 15.1 Å². The van der Waals surface area contributed by atoms with E-state index in [1.807, 2.05) is 43.3 Å². The van der Waals surface area contributed by atoms with Crippen LogP contribution >= 0.6 is 23.2 Å². The Labute approximate surface area is 258 Å². The lowest BCUT2D eigenvalue weighted by Gasteiger charge is -2.47. The molecule has 2 aromatic carbocycles. The van der Waals surface area contributed by atoms with Gasteiger partial charge in [0.25, 0.3) is 0 Å². The summed E-state index contributed by atoms with van der Waals surface area (Å²) in [5, 5.41) is 4.17. The molecule has 0 radical (unpaired) electrons. The molecule has 2 fully saturated rings. The van der Waals surface area contributed by atoms with Gasteiger partial charge in [-0.3, -0.25) is 14.5 Å². The third kappa shape index (κ3) is 8.25. The SMILES string of the molecule is CCOC(=O)[C@H](CC)N1C(=O)[C@@H](CC(=O)NCCCN2CCOCC2)CC(c2cccc(Cl)c2)C1c1ccc(Cl)cc1. The van der Waals surface area contributed by atoms with Gasteiger partial charge in [0, 0.05) is 47.9 Å². The van der Waals surface area contributed by atoms with Crippen molar-refractivity contribution in [2.45, 2.75) is 57.5 Å². The number of morpholine rings is 1. The first-order valence-electron chi connectivity index (χ1n) is 14.9. The topological polar surface area (TPSA) is 88.2 Å². The summed E-state index contributed by atoms with van der Waals surface area (Å²) in [6.45, 7) is 8.52. The molecular formula is C32H41Cl2N3O5. The van der Waals surface area contributed by atoms with Gasteiger partial charge in [0.15, 0.2) is 0 Å². The van der Waals surface area contributed by atoms with Crippen LogP contribution in [0.3, 0.4) is 0 Å². The first-order chi connectivity index (χ1) is 20.3. The molecule has 10 heteroatoms. The Bertz CT molecular complexity index is 1200. The molecule has 2 aromatic rings. The Balaban J connectivity index is 1.61. The Morgan fingerprint density at radius 1 is 1.05 bits per heavy atom. The van der Waals surface area contributed by atoms with Gasteiger partial charge in [-0.2, -0.15) is 0 Å². The first-order valence-corrected chi connectivity index (χ1v) is 15.6. The van der Waals surface area contributed by atoms with E-state index in [9.17, 15) is 14.4 Å². The summed E-state index contributed by atoms with van der Waals surface area (Å²) in [6.07, 6.45) is 1.67. The number of amides is 2. The molecule has 0 bridgehead atoms. The maximum Gasteiger partial charge on any atom is 0.328 e. The largest absolute Gasteiger partial charge is 0.464 e. The Morgan fingerprint density at radius 3 is 2.45 bits per heavy atom. The lowest BCUT2D eigenvalue weighted by molar-refractivity contribution is -0.163. The second-order valence-corrected chi connectivity index (χ2v) is 11.7. The maximum atomic E-state index is 14.3. The van der Waals surface area contributed by atoms with E-state index in [1.54, 1.807) is 24.0 Å². The maximum absolute atomic E-state index is 14.3. The number of hydrogen-bond donors (Lipinski definition) is 1. The summed E-state index contributed by atoms with van der Waals surface area (Å²) in [4.78, 5) is 44.6. The normalized spacial score (nSPS) is 22.0. The molecule has 2 aliphatic heterocycles. The molecule has 0 aliphatic carbocycles. The van der Waals surface area contributed by atoms with E-state index in [0.29, 0.717) is 29.4 Å². The van der Waals surface area contributed by atoms with Gasteiger partial charge in [-0.1, -0.05) is 54.4 Å². The molecule has 8 nitrogen and oxygen atoms in total. The van der Waals surface area contributed by atoms with Crippen LogP contribution in [-0.2, 0) is 23.9 Å². The average molecular weight is 619 g/mol. The van der Waals surface area contributed by atoms with E-state index in [2.05, 4.69) is 10.2 Å². The highest BCUT2D eigenvalue weighted by Crippen LogP contribution is 2.47. The van der Waals surface area contributed by atoms with Gasteiger partial charge in [0.1, 0.15) is 6.04 Å². The van der Waals surface area contributed by atoms with Gasteiger partial charge >= 0.3 is 5.97 Å². The summed E-state index contributed by atoms with van der Waals surface area (Å²) in [7, 11) is 0. The first kappa shape index (κ1) is 32.3. The van der Waals surface area contributed by atoms with Gasteiger partial charge < -0.3 is 19.7 Å².